The van der Waals surface area contributed by atoms with Gasteiger partial charge in [0.05, 0.1) is 0 Å². The van der Waals surface area contributed by atoms with Crippen molar-refractivity contribution in [3.05, 3.63) is 57.6 Å². The lowest BCUT2D eigenvalue weighted by molar-refractivity contribution is 0.298. The fraction of sp³-hybridized carbons (Fsp3) is 0.571. The van der Waals surface area contributed by atoms with Crippen molar-refractivity contribution in [2.75, 3.05) is 0 Å². The van der Waals surface area contributed by atoms with Gasteiger partial charge in [0.2, 0.25) is 0 Å². The van der Waals surface area contributed by atoms with Gasteiger partial charge in [-0.2, -0.15) is 0 Å². The monoisotopic (exact) mass is 372 g/mol. The van der Waals surface area contributed by atoms with Crippen LogP contribution >= 0.6 is 0 Å². The second-order valence-electron chi connectivity index (χ2n) is 10.5. The third-order valence-electron chi connectivity index (χ3n) is 8.74. The van der Waals surface area contributed by atoms with Crippen LogP contribution in [0.5, 0.6) is 0 Å². The van der Waals surface area contributed by atoms with E-state index in [0.717, 1.165) is 24.7 Å². The molecule has 0 aromatic heterocycles. The third kappa shape index (κ3) is 2.13. The predicted octanol–water partition coefficient (Wildman–Crippen LogP) is 7.44. The molecule has 2 aromatic carbocycles. The molecule has 5 rings (SSSR count). The van der Waals surface area contributed by atoms with Crippen molar-refractivity contribution in [3.63, 3.8) is 0 Å². The van der Waals surface area contributed by atoms with Gasteiger partial charge in [-0.05, 0) is 109 Å². The molecule has 2 fully saturated rings. The summed E-state index contributed by atoms with van der Waals surface area (Å²) in [7, 11) is 0. The highest BCUT2D eigenvalue weighted by Gasteiger charge is 2.65. The van der Waals surface area contributed by atoms with Gasteiger partial charge in [0.15, 0.2) is 0 Å². The average Bonchev–Trinajstić information content (AvgIpc) is 3.09. The fourth-order valence-corrected chi connectivity index (χ4v) is 7.93. The van der Waals surface area contributed by atoms with E-state index in [1.807, 2.05) is 0 Å². The van der Waals surface area contributed by atoms with Crippen LogP contribution in [0.1, 0.15) is 86.8 Å². The van der Waals surface area contributed by atoms with Crippen molar-refractivity contribution < 1.29 is 0 Å². The highest BCUT2D eigenvalue weighted by molar-refractivity contribution is 5.81. The molecule has 0 spiro atoms. The zero-order chi connectivity index (χ0) is 19.8. The first-order chi connectivity index (χ1) is 13.3. The maximum absolute atomic E-state index is 2.62. The van der Waals surface area contributed by atoms with E-state index in [2.05, 4.69) is 65.8 Å². The van der Waals surface area contributed by atoms with Gasteiger partial charge in [-0.15, -0.1) is 0 Å². The molecule has 0 bridgehead atoms. The highest BCUT2D eigenvalue weighted by Crippen LogP contribution is 2.71. The number of benzene rings is 2. The summed E-state index contributed by atoms with van der Waals surface area (Å²) in [4.78, 5) is 0. The second kappa shape index (κ2) is 5.97. The number of fused-ring (bicyclic) bond motifs is 3. The van der Waals surface area contributed by atoms with E-state index in [4.69, 9.17) is 0 Å². The maximum atomic E-state index is 2.62. The quantitative estimate of drug-likeness (QED) is 0.513. The van der Waals surface area contributed by atoms with E-state index in [9.17, 15) is 0 Å². The van der Waals surface area contributed by atoms with Gasteiger partial charge >= 0.3 is 0 Å². The SMILES string of the molecule is CCc1cc2c(cc1C)C13CC(C)CC1(CC(C)C3)c1cc(C)c(CC)cc1-2. The van der Waals surface area contributed by atoms with Crippen LogP contribution in [0.15, 0.2) is 24.3 Å². The standard InChI is InChI=1S/C28H36/c1-7-21-11-23-24-12-22(8-2)20(6)10-26(24)28-15-17(3)13-27(28,14-18(4)16-28)25(23)9-19(21)5/h9-12,17-18H,7-8,13-16H2,1-6H3. The second-order valence-corrected chi connectivity index (χ2v) is 10.5. The molecule has 0 radical (unpaired) electrons. The van der Waals surface area contributed by atoms with E-state index in [1.165, 1.54) is 47.9 Å². The smallest absolute Gasteiger partial charge is 0.00615 e. The van der Waals surface area contributed by atoms with E-state index in [1.54, 1.807) is 22.3 Å². The predicted molar refractivity (Wildman–Crippen MR) is 120 cm³/mol. The van der Waals surface area contributed by atoms with Crippen LogP contribution in [0, 0.1) is 25.7 Å². The minimum atomic E-state index is 0.366. The summed E-state index contributed by atoms with van der Waals surface area (Å²) in [6.07, 6.45) is 7.77. The lowest BCUT2D eigenvalue weighted by Gasteiger charge is -2.48. The average molecular weight is 373 g/mol. The number of hydrogen-bond acceptors (Lipinski definition) is 0. The summed E-state index contributed by atoms with van der Waals surface area (Å²) in [5, 5.41) is 0. The van der Waals surface area contributed by atoms with Crippen molar-refractivity contribution in [3.8, 4) is 11.1 Å². The van der Waals surface area contributed by atoms with Crippen molar-refractivity contribution >= 4 is 0 Å². The Hall–Kier alpha value is -1.56. The van der Waals surface area contributed by atoms with Crippen LogP contribution in [0.4, 0.5) is 0 Å². The molecule has 0 heteroatoms. The first-order valence-corrected chi connectivity index (χ1v) is 11.6. The van der Waals surface area contributed by atoms with E-state index >= 15 is 0 Å². The van der Waals surface area contributed by atoms with Gasteiger partial charge < -0.3 is 0 Å². The molecule has 3 aliphatic carbocycles. The number of hydrogen-bond donors (Lipinski definition) is 0. The summed E-state index contributed by atoms with van der Waals surface area (Å²) in [6, 6.07) is 10.4. The maximum Gasteiger partial charge on any atom is 0.00615 e. The van der Waals surface area contributed by atoms with Crippen molar-refractivity contribution in [2.24, 2.45) is 11.8 Å². The first-order valence-electron chi connectivity index (χ1n) is 11.6. The molecule has 0 amide bonds. The van der Waals surface area contributed by atoms with E-state index in [-0.39, 0.29) is 0 Å². The zero-order valence-corrected chi connectivity index (χ0v) is 18.7. The molecule has 0 heterocycles. The Labute approximate surface area is 171 Å². The fourth-order valence-electron chi connectivity index (χ4n) is 7.93. The number of aryl methyl sites for hydroxylation is 4. The Kier molecular flexibility index (Phi) is 3.94. The van der Waals surface area contributed by atoms with Gasteiger partial charge in [0, 0.05) is 10.8 Å². The van der Waals surface area contributed by atoms with Crippen LogP contribution in [0.3, 0.4) is 0 Å². The van der Waals surface area contributed by atoms with Gasteiger partial charge in [-0.3, -0.25) is 0 Å². The Morgan fingerprint density at radius 1 is 0.679 bits per heavy atom. The van der Waals surface area contributed by atoms with Crippen molar-refractivity contribution in [2.45, 2.75) is 90.9 Å². The molecule has 0 atom stereocenters. The third-order valence-corrected chi connectivity index (χ3v) is 8.74. The first kappa shape index (κ1) is 18.5. The minimum Gasteiger partial charge on any atom is -0.0624 e. The van der Waals surface area contributed by atoms with E-state index < -0.39 is 0 Å². The Balaban J connectivity index is 1.91. The lowest BCUT2D eigenvalue weighted by Crippen LogP contribution is -2.43. The molecule has 0 unspecified atom stereocenters. The molecule has 0 N–H and O–H groups in total. The minimum absolute atomic E-state index is 0.366. The lowest BCUT2D eigenvalue weighted by atomic mass is 9.55. The molecular weight excluding hydrogens is 336 g/mol. The zero-order valence-electron chi connectivity index (χ0n) is 18.7. The summed E-state index contributed by atoms with van der Waals surface area (Å²) in [6.45, 7) is 14.3. The number of rotatable bonds is 2. The molecule has 0 nitrogen and oxygen atoms in total. The summed E-state index contributed by atoms with van der Waals surface area (Å²) < 4.78 is 0. The molecule has 3 aliphatic rings. The molecule has 28 heavy (non-hydrogen) atoms. The van der Waals surface area contributed by atoms with Gasteiger partial charge in [0.1, 0.15) is 0 Å². The van der Waals surface area contributed by atoms with Crippen LogP contribution in [-0.4, -0.2) is 0 Å². The van der Waals surface area contributed by atoms with Crippen LogP contribution in [0.2, 0.25) is 0 Å². The largest absolute Gasteiger partial charge is 0.0624 e. The summed E-state index contributed by atoms with van der Waals surface area (Å²) in [5.41, 5.74) is 13.4. The Bertz CT molecular complexity index is 869. The van der Waals surface area contributed by atoms with E-state index in [0.29, 0.717) is 10.8 Å². The van der Waals surface area contributed by atoms with Crippen LogP contribution in [0.25, 0.3) is 11.1 Å². The highest BCUT2D eigenvalue weighted by atomic mass is 14.7. The van der Waals surface area contributed by atoms with Crippen molar-refractivity contribution in [1.82, 2.24) is 0 Å². The topological polar surface area (TPSA) is 0 Å². The molecule has 148 valence electrons. The van der Waals surface area contributed by atoms with Gasteiger partial charge in [0.25, 0.3) is 0 Å². The molecule has 0 saturated heterocycles. The molecular formula is C28H36. The molecule has 2 saturated carbocycles. The van der Waals surface area contributed by atoms with Crippen molar-refractivity contribution in [1.29, 1.82) is 0 Å². The summed E-state index contributed by atoms with van der Waals surface area (Å²) in [5.74, 6) is 1.65. The molecule has 2 aromatic rings. The summed E-state index contributed by atoms with van der Waals surface area (Å²) >= 11 is 0. The van der Waals surface area contributed by atoms with Gasteiger partial charge in [-0.25, -0.2) is 0 Å². The Morgan fingerprint density at radius 2 is 1.04 bits per heavy atom. The molecule has 0 aliphatic heterocycles. The normalized spacial score (nSPS) is 32.6. The Morgan fingerprint density at radius 3 is 1.36 bits per heavy atom. The van der Waals surface area contributed by atoms with Crippen LogP contribution in [-0.2, 0) is 23.7 Å². The van der Waals surface area contributed by atoms with Gasteiger partial charge in [-0.1, -0.05) is 52.0 Å². The van der Waals surface area contributed by atoms with Crippen LogP contribution < -0.4 is 0 Å².